The van der Waals surface area contributed by atoms with Gasteiger partial charge in [-0.2, -0.15) is 5.10 Å². The summed E-state index contributed by atoms with van der Waals surface area (Å²) in [6.07, 6.45) is 1.37. The molecule has 0 aliphatic carbocycles. The van der Waals surface area contributed by atoms with Crippen molar-refractivity contribution in [2.75, 3.05) is 32.2 Å². The van der Waals surface area contributed by atoms with Crippen molar-refractivity contribution in [1.29, 1.82) is 0 Å². The molecule has 9 nitrogen and oxygen atoms in total. The van der Waals surface area contributed by atoms with Gasteiger partial charge in [0.25, 0.3) is 15.9 Å². The molecule has 0 fully saturated rings. The Kier molecular flexibility index (Phi) is 8.56. The van der Waals surface area contributed by atoms with Crippen LogP contribution in [-0.2, 0) is 14.8 Å². The van der Waals surface area contributed by atoms with Crippen LogP contribution in [0.25, 0.3) is 0 Å². The van der Waals surface area contributed by atoms with Gasteiger partial charge in [0, 0.05) is 10.6 Å². The Morgan fingerprint density at radius 3 is 2.31 bits per heavy atom. The minimum absolute atomic E-state index is 0.000512. The van der Waals surface area contributed by atoms with Crippen LogP contribution >= 0.6 is 11.6 Å². The minimum atomic E-state index is -4.15. The summed E-state index contributed by atoms with van der Waals surface area (Å²) in [6.45, 7) is -0.583. The van der Waals surface area contributed by atoms with Crippen molar-refractivity contribution in [3.8, 4) is 17.2 Å². The first-order chi connectivity index (χ1) is 16.8. The van der Waals surface area contributed by atoms with Crippen LogP contribution in [0.15, 0.2) is 76.7 Å². The Morgan fingerprint density at radius 1 is 0.971 bits per heavy atom. The van der Waals surface area contributed by atoms with Gasteiger partial charge < -0.3 is 14.2 Å². The highest BCUT2D eigenvalue weighted by Crippen LogP contribution is 2.34. The van der Waals surface area contributed by atoms with E-state index in [2.05, 4.69) is 10.5 Å². The average Bonchev–Trinajstić information content (AvgIpc) is 2.87. The molecule has 0 saturated carbocycles. The first-order valence-electron chi connectivity index (χ1n) is 10.3. The molecule has 1 amide bonds. The Morgan fingerprint density at radius 2 is 1.66 bits per heavy atom. The monoisotopic (exact) mass is 517 g/mol. The standard InChI is InChI=1S/C24H24ClN3O6S/c1-32-19-10-12-22(33-2)17(13-19)15-26-27-24(29)16-28(21-14-18(25)9-11-23(21)34-3)35(30,31)20-7-5-4-6-8-20/h4-15H,16H2,1-3H3,(H,27,29)/b26-15-. The van der Waals surface area contributed by atoms with E-state index in [4.69, 9.17) is 25.8 Å². The number of hydrogen-bond acceptors (Lipinski definition) is 7. The molecular weight excluding hydrogens is 494 g/mol. The third-order valence-corrected chi connectivity index (χ3v) is 6.87. The van der Waals surface area contributed by atoms with E-state index < -0.39 is 22.5 Å². The van der Waals surface area contributed by atoms with E-state index in [0.29, 0.717) is 17.1 Å². The maximum absolute atomic E-state index is 13.5. The molecule has 0 unspecified atom stereocenters. The van der Waals surface area contributed by atoms with Crippen LogP contribution in [0.1, 0.15) is 5.56 Å². The molecule has 0 bridgehead atoms. The molecule has 0 aliphatic heterocycles. The molecule has 11 heteroatoms. The molecule has 0 atom stereocenters. The summed E-state index contributed by atoms with van der Waals surface area (Å²) in [7, 11) is 0.271. The van der Waals surface area contributed by atoms with E-state index in [1.54, 1.807) is 42.5 Å². The number of ether oxygens (including phenoxy) is 3. The van der Waals surface area contributed by atoms with Crippen molar-refractivity contribution >= 4 is 39.4 Å². The van der Waals surface area contributed by atoms with Crippen LogP contribution in [0, 0.1) is 0 Å². The van der Waals surface area contributed by atoms with E-state index >= 15 is 0 Å². The van der Waals surface area contributed by atoms with Gasteiger partial charge in [-0.25, -0.2) is 13.8 Å². The fourth-order valence-electron chi connectivity index (χ4n) is 3.16. The molecule has 3 rings (SSSR count). The topological polar surface area (TPSA) is 107 Å². The lowest BCUT2D eigenvalue weighted by atomic mass is 10.2. The number of carbonyl (C=O) groups excluding carboxylic acids is 1. The Labute approximate surface area is 208 Å². The summed E-state index contributed by atoms with van der Waals surface area (Å²) in [6, 6.07) is 17.3. The van der Waals surface area contributed by atoms with Gasteiger partial charge in [-0.05, 0) is 48.5 Å². The Balaban J connectivity index is 1.91. The fraction of sp³-hybridized carbons (Fsp3) is 0.167. The molecule has 0 aliphatic rings. The van der Waals surface area contributed by atoms with E-state index in [-0.39, 0.29) is 21.4 Å². The van der Waals surface area contributed by atoms with Crippen molar-refractivity contribution in [3.05, 3.63) is 77.3 Å². The summed E-state index contributed by atoms with van der Waals surface area (Å²) < 4.78 is 43.7. The number of rotatable bonds is 10. The van der Waals surface area contributed by atoms with Gasteiger partial charge in [0.2, 0.25) is 0 Å². The van der Waals surface area contributed by atoms with Crippen LogP contribution in [0.5, 0.6) is 17.2 Å². The molecule has 0 spiro atoms. The number of hydrogen-bond donors (Lipinski definition) is 1. The van der Waals surface area contributed by atoms with Gasteiger partial charge in [0.1, 0.15) is 23.8 Å². The van der Waals surface area contributed by atoms with E-state index in [1.807, 2.05) is 0 Å². The van der Waals surface area contributed by atoms with Crippen molar-refractivity contribution in [1.82, 2.24) is 5.43 Å². The lowest BCUT2D eigenvalue weighted by Gasteiger charge is -2.25. The zero-order chi connectivity index (χ0) is 25.4. The fourth-order valence-corrected chi connectivity index (χ4v) is 4.77. The lowest BCUT2D eigenvalue weighted by Crippen LogP contribution is -2.39. The maximum Gasteiger partial charge on any atom is 0.264 e. The second-order valence-corrected chi connectivity index (χ2v) is 9.34. The molecule has 35 heavy (non-hydrogen) atoms. The van der Waals surface area contributed by atoms with Crippen molar-refractivity contribution in [2.45, 2.75) is 4.90 Å². The highest BCUT2D eigenvalue weighted by atomic mass is 35.5. The number of hydrazone groups is 1. The lowest BCUT2D eigenvalue weighted by molar-refractivity contribution is -0.119. The predicted octanol–water partition coefficient (Wildman–Crippen LogP) is 3.71. The molecule has 0 aromatic heterocycles. The Hall–Kier alpha value is -3.76. The molecular formula is C24H24ClN3O6S. The number of amides is 1. The van der Waals surface area contributed by atoms with Gasteiger partial charge in [0.05, 0.1) is 38.1 Å². The number of sulfonamides is 1. The SMILES string of the molecule is COc1ccc(OC)c(/C=N\NC(=O)CN(c2cc(Cl)ccc2OC)S(=O)(=O)c2ccccc2)c1. The summed E-state index contributed by atoms with van der Waals surface area (Å²) in [5.41, 5.74) is 3.01. The number of carbonyl (C=O) groups is 1. The maximum atomic E-state index is 13.5. The molecule has 0 heterocycles. The molecule has 0 saturated heterocycles. The van der Waals surface area contributed by atoms with Gasteiger partial charge >= 0.3 is 0 Å². The van der Waals surface area contributed by atoms with E-state index in [1.165, 1.54) is 51.8 Å². The zero-order valence-corrected chi connectivity index (χ0v) is 20.8. The van der Waals surface area contributed by atoms with E-state index in [9.17, 15) is 13.2 Å². The smallest absolute Gasteiger partial charge is 0.264 e. The summed E-state index contributed by atoms with van der Waals surface area (Å²) in [5.74, 6) is 0.628. The van der Waals surface area contributed by atoms with Gasteiger partial charge in [-0.3, -0.25) is 9.10 Å². The van der Waals surface area contributed by atoms with Gasteiger partial charge in [0.15, 0.2) is 0 Å². The summed E-state index contributed by atoms with van der Waals surface area (Å²) in [4.78, 5) is 12.8. The third-order valence-electron chi connectivity index (χ3n) is 4.86. The molecule has 1 N–H and O–H groups in total. The highest BCUT2D eigenvalue weighted by Gasteiger charge is 2.29. The van der Waals surface area contributed by atoms with Crippen LogP contribution in [0.4, 0.5) is 5.69 Å². The number of anilines is 1. The van der Waals surface area contributed by atoms with Crippen LogP contribution < -0.4 is 23.9 Å². The third kappa shape index (κ3) is 6.23. The van der Waals surface area contributed by atoms with Crippen LogP contribution in [0.2, 0.25) is 5.02 Å². The van der Waals surface area contributed by atoms with Crippen LogP contribution in [0.3, 0.4) is 0 Å². The average molecular weight is 518 g/mol. The molecule has 3 aromatic carbocycles. The normalized spacial score (nSPS) is 11.2. The first kappa shape index (κ1) is 25.9. The molecule has 3 aromatic rings. The number of benzene rings is 3. The number of halogens is 1. The van der Waals surface area contributed by atoms with E-state index in [0.717, 1.165) is 4.31 Å². The summed E-state index contributed by atoms with van der Waals surface area (Å²) >= 11 is 6.13. The first-order valence-corrected chi connectivity index (χ1v) is 12.1. The Bertz CT molecular complexity index is 1320. The summed E-state index contributed by atoms with van der Waals surface area (Å²) in [5, 5.41) is 4.22. The van der Waals surface area contributed by atoms with Crippen molar-refractivity contribution < 1.29 is 27.4 Å². The number of methoxy groups -OCH3 is 3. The van der Waals surface area contributed by atoms with Gasteiger partial charge in [-0.15, -0.1) is 0 Å². The number of nitrogens with one attached hydrogen (secondary N) is 1. The second kappa shape index (κ2) is 11.6. The van der Waals surface area contributed by atoms with Crippen molar-refractivity contribution in [2.24, 2.45) is 5.10 Å². The molecule has 184 valence electrons. The molecule has 0 radical (unpaired) electrons. The van der Waals surface area contributed by atoms with Crippen LogP contribution in [-0.4, -0.2) is 48.4 Å². The van der Waals surface area contributed by atoms with Gasteiger partial charge in [-0.1, -0.05) is 29.8 Å². The highest BCUT2D eigenvalue weighted by molar-refractivity contribution is 7.92. The predicted molar refractivity (Wildman–Crippen MR) is 134 cm³/mol. The number of nitrogens with zero attached hydrogens (tertiary/aromatic N) is 2. The van der Waals surface area contributed by atoms with Crippen molar-refractivity contribution in [3.63, 3.8) is 0 Å². The quantitative estimate of drug-likeness (QED) is 0.324. The largest absolute Gasteiger partial charge is 0.497 e. The zero-order valence-electron chi connectivity index (χ0n) is 19.3. The minimum Gasteiger partial charge on any atom is -0.497 e. The second-order valence-electron chi connectivity index (χ2n) is 7.04.